The van der Waals surface area contributed by atoms with Crippen LogP contribution in [0.5, 0.6) is 5.75 Å². The summed E-state index contributed by atoms with van der Waals surface area (Å²) >= 11 is 3.45. The second kappa shape index (κ2) is 9.27. The number of piperazine rings is 1. The number of para-hydroxylation sites is 1. The number of carbonyl (C=O) groups is 1. The van der Waals surface area contributed by atoms with E-state index < -0.39 is 0 Å². The summed E-state index contributed by atoms with van der Waals surface area (Å²) < 4.78 is 11.4. The van der Waals surface area contributed by atoms with Crippen LogP contribution in [0.25, 0.3) is 11.5 Å². The first-order chi connectivity index (χ1) is 14.6. The first-order valence-electron chi connectivity index (χ1n) is 9.62. The Morgan fingerprint density at radius 1 is 1.13 bits per heavy atom. The zero-order valence-electron chi connectivity index (χ0n) is 16.5. The number of ether oxygens (including phenoxy) is 1. The summed E-state index contributed by atoms with van der Waals surface area (Å²) in [5.41, 5.74) is 1.62. The number of amides is 2. The average Bonchev–Trinajstić information content (AvgIpc) is 3.24. The molecule has 156 valence electrons. The predicted octanol–water partition coefficient (Wildman–Crippen LogP) is 3.86. The highest BCUT2D eigenvalue weighted by molar-refractivity contribution is 9.10. The van der Waals surface area contributed by atoms with Gasteiger partial charge in [-0.1, -0.05) is 17.3 Å². The largest absolute Gasteiger partial charge is 0.497 e. The molecule has 0 unspecified atom stereocenters. The molecule has 1 aromatic heterocycles. The Bertz CT molecular complexity index is 1000. The summed E-state index contributed by atoms with van der Waals surface area (Å²) in [5.74, 6) is 1.89. The van der Waals surface area contributed by atoms with Gasteiger partial charge in [0.05, 0.1) is 19.3 Å². The average molecular weight is 472 g/mol. The maximum Gasteiger partial charge on any atom is 0.321 e. The van der Waals surface area contributed by atoms with Crippen molar-refractivity contribution in [1.29, 1.82) is 0 Å². The van der Waals surface area contributed by atoms with Crippen LogP contribution in [0.4, 0.5) is 10.5 Å². The van der Waals surface area contributed by atoms with Crippen molar-refractivity contribution in [3.05, 3.63) is 58.8 Å². The van der Waals surface area contributed by atoms with Gasteiger partial charge < -0.3 is 19.5 Å². The predicted molar refractivity (Wildman–Crippen MR) is 116 cm³/mol. The third-order valence-electron chi connectivity index (χ3n) is 4.95. The molecule has 3 aromatic rings. The summed E-state index contributed by atoms with van der Waals surface area (Å²) in [5, 5.41) is 7.04. The highest BCUT2D eigenvalue weighted by Crippen LogP contribution is 2.23. The first kappa shape index (κ1) is 20.4. The summed E-state index contributed by atoms with van der Waals surface area (Å²) in [6, 6.07) is 15.0. The Morgan fingerprint density at radius 3 is 2.57 bits per heavy atom. The van der Waals surface area contributed by atoms with Gasteiger partial charge in [-0.15, -0.1) is 0 Å². The van der Waals surface area contributed by atoms with Gasteiger partial charge in [-0.05, 0) is 52.3 Å². The van der Waals surface area contributed by atoms with Crippen molar-refractivity contribution in [1.82, 2.24) is 19.9 Å². The van der Waals surface area contributed by atoms with E-state index in [-0.39, 0.29) is 6.03 Å². The number of rotatable bonds is 5. The van der Waals surface area contributed by atoms with Crippen LogP contribution in [0.15, 0.2) is 57.5 Å². The smallest absolute Gasteiger partial charge is 0.321 e. The van der Waals surface area contributed by atoms with Gasteiger partial charge in [0.15, 0.2) is 5.82 Å². The van der Waals surface area contributed by atoms with Gasteiger partial charge in [0, 0.05) is 36.2 Å². The zero-order chi connectivity index (χ0) is 20.9. The molecule has 0 atom stereocenters. The van der Waals surface area contributed by atoms with E-state index in [1.54, 1.807) is 7.11 Å². The lowest BCUT2D eigenvalue weighted by molar-refractivity contribution is 0.140. The Hall–Kier alpha value is -2.91. The minimum atomic E-state index is -0.0945. The highest BCUT2D eigenvalue weighted by Gasteiger charge is 2.23. The number of aromatic nitrogens is 2. The minimum absolute atomic E-state index is 0.0945. The number of halogens is 1. The normalized spacial score (nSPS) is 14.5. The zero-order valence-corrected chi connectivity index (χ0v) is 18.1. The molecule has 0 saturated carbocycles. The molecule has 1 aliphatic heterocycles. The van der Waals surface area contributed by atoms with Crippen LogP contribution < -0.4 is 10.1 Å². The number of anilines is 1. The fraction of sp³-hybridized carbons (Fsp3) is 0.286. The van der Waals surface area contributed by atoms with Gasteiger partial charge in [0.2, 0.25) is 0 Å². The molecule has 0 aliphatic carbocycles. The van der Waals surface area contributed by atoms with E-state index in [1.165, 1.54) is 0 Å². The van der Waals surface area contributed by atoms with Crippen molar-refractivity contribution in [2.24, 2.45) is 0 Å². The second-order valence-electron chi connectivity index (χ2n) is 6.92. The van der Waals surface area contributed by atoms with E-state index in [4.69, 9.17) is 9.26 Å². The van der Waals surface area contributed by atoms with Crippen LogP contribution in [-0.2, 0) is 6.54 Å². The molecule has 1 N–H and O–H groups in total. The fourth-order valence-corrected chi connectivity index (χ4v) is 3.62. The molecule has 2 heterocycles. The Kier molecular flexibility index (Phi) is 6.29. The van der Waals surface area contributed by atoms with Crippen LogP contribution in [0, 0.1) is 0 Å². The van der Waals surface area contributed by atoms with Gasteiger partial charge in [-0.3, -0.25) is 4.90 Å². The van der Waals surface area contributed by atoms with Crippen molar-refractivity contribution in [2.75, 3.05) is 38.6 Å². The SMILES string of the molecule is COc1ccc(-c2nc(CN3CCN(C(=O)Nc4ccccc4Br)CC3)no2)cc1. The lowest BCUT2D eigenvalue weighted by atomic mass is 10.2. The molecule has 0 spiro atoms. The molecule has 30 heavy (non-hydrogen) atoms. The van der Waals surface area contributed by atoms with Crippen molar-refractivity contribution in [3.63, 3.8) is 0 Å². The van der Waals surface area contributed by atoms with Gasteiger partial charge in [0.1, 0.15) is 5.75 Å². The number of benzene rings is 2. The Balaban J connectivity index is 1.29. The highest BCUT2D eigenvalue weighted by atomic mass is 79.9. The van der Waals surface area contributed by atoms with Gasteiger partial charge in [-0.2, -0.15) is 4.98 Å². The summed E-state index contributed by atoms with van der Waals surface area (Å²) in [7, 11) is 1.63. The molecule has 4 rings (SSSR count). The standard InChI is InChI=1S/C21H22BrN5O3/c1-29-16-8-6-15(7-9-16)20-24-19(25-30-20)14-26-10-12-27(13-11-26)21(28)23-18-5-3-2-4-17(18)22/h2-9H,10-14H2,1H3,(H,23,28). The molecular weight excluding hydrogens is 450 g/mol. The Morgan fingerprint density at radius 2 is 1.87 bits per heavy atom. The molecule has 0 bridgehead atoms. The van der Waals surface area contributed by atoms with Crippen LogP contribution >= 0.6 is 15.9 Å². The van der Waals surface area contributed by atoms with Crippen molar-refractivity contribution >= 4 is 27.6 Å². The second-order valence-corrected chi connectivity index (χ2v) is 7.77. The summed E-state index contributed by atoms with van der Waals surface area (Å²) in [6.07, 6.45) is 0. The third-order valence-corrected chi connectivity index (χ3v) is 5.64. The van der Waals surface area contributed by atoms with Gasteiger partial charge >= 0.3 is 6.03 Å². The number of urea groups is 1. The molecule has 1 aliphatic rings. The lowest BCUT2D eigenvalue weighted by Crippen LogP contribution is -2.49. The molecule has 9 heteroatoms. The quantitative estimate of drug-likeness (QED) is 0.608. The number of nitrogens with one attached hydrogen (secondary N) is 1. The topological polar surface area (TPSA) is 83.7 Å². The van der Waals surface area contributed by atoms with Gasteiger partial charge in [0.25, 0.3) is 5.89 Å². The molecule has 1 fully saturated rings. The number of methoxy groups -OCH3 is 1. The number of carbonyl (C=O) groups excluding carboxylic acids is 1. The monoisotopic (exact) mass is 471 g/mol. The number of hydrogen-bond acceptors (Lipinski definition) is 6. The van der Waals surface area contributed by atoms with Crippen molar-refractivity contribution in [3.8, 4) is 17.2 Å². The van der Waals surface area contributed by atoms with Crippen LogP contribution in [0.2, 0.25) is 0 Å². The van der Waals surface area contributed by atoms with E-state index in [9.17, 15) is 4.79 Å². The van der Waals surface area contributed by atoms with Crippen LogP contribution in [0.3, 0.4) is 0 Å². The molecule has 1 saturated heterocycles. The third kappa shape index (κ3) is 4.80. The van der Waals surface area contributed by atoms with E-state index in [0.717, 1.165) is 34.6 Å². The van der Waals surface area contributed by atoms with Gasteiger partial charge in [-0.25, -0.2) is 4.79 Å². The van der Waals surface area contributed by atoms with Crippen molar-refractivity contribution < 1.29 is 14.1 Å². The molecule has 8 nitrogen and oxygen atoms in total. The number of hydrogen-bond donors (Lipinski definition) is 1. The molecule has 0 radical (unpaired) electrons. The molecule has 2 aromatic carbocycles. The van der Waals surface area contributed by atoms with Crippen LogP contribution in [-0.4, -0.2) is 59.3 Å². The first-order valence-corrected chi connectivity index (χ1v) is 10.4. The minimum Gasteiger partial charge on any atom is -0.497 e. The molecular formula is C21H22BrN5O3. The maximum absolute atomic E-state index is 12.5. The Labute approximate surface area is 182 Å². The summed E-state index contributed by atoms with van der Waals surface area (Å²) in [4.78, 5) is 21.0. The van der Waals surface area contributed by atoms with E-state index >= 15 is 0 Å². The van der Waals surface area contributed by atoms with Crippen molar-refractivity contribution in [2.45, 2.75) is 6.54 Å². The van der Waals surface area contributed by atoms with Crippen LogP contribution in [0.1, 0.15) is 5.82 Å². The molecule has 2 amide bonds. The van der Waals surface area contributed by atoms with E-state index in [2.05, 4.69) is 36.3 Å². The summed E-state index contributed by atoms with van der Waals surface area (Å²) in [6.45, 7) is 3.35. The fourth-order valence-electron chi connectivity index (χ4n) is 3.23. The van der Waals surface area contributed by atoms with E-state index in [1.807, 2.05) is 53.4 Å². The lowest BCUT2D eigenvalue weighted by Gasteiger charge is -2.34. The van der Waals surface area contributed by atoms with E-state index in [0.29, 0.717) is 31.3 Å². The maximum atomic E-state index is 12.5. The number of nitrogens with zero attached hydrogens (tertiary/aromatic N) is 4.